The van der Waals surface area contributed by atoms with E-state index in [1.807, 2.05) is 41.5 Å². The number of aliphatic imine (C=N–C) groups is 2. The Hall–Kier alpha value is -6.43. The third-order valence-corrected chi connectivity index (χ3v) is 22.1. The van der Waals surface area contributed by atoms with Crippen LogP contribution in [0.15, 0.2) is 56.6 Å². The molecule has 0 aromatic heterocycles. The van der Waals surface area contributed by atoms with Crippen LogP contribution in [0.1, 0.15) is 284 Å². The largest absolute Gasteiger partial charge is 1.00 e. The quantitative estimate of drug-likeness (QED) is 0.0401. The normalized spacial score (nSPS) is 22.5. The van der Waals surface area contributed by atoms with Gasteiger partial charge >= 0.3 is 100 Å². The number of hydrogen-bond acceptors (Lipinski definition) is 18. The molecule has 6 aliphatic heterocycles. The molecule has 0 unspecified atom stereocenters. The summed E-state index contributed by atoms with van der Waals surface area (Å²) in [7, 11) is 0. The molecule has 720 valence electrons. The summed E-state index contributed by atoms with van der Waals surface area (Å²) in [5.41, 5.74) is 13.1. The summed E-state index contributed by atoms with van der Waals surface area (Å²) in [5.74, 6) is -1.62. The second-order valence-corrected chi connectivity index (χ2v) is 39.0. The number of aliphatic hydroxyl groups is 1. The Morgan fingerprint density at radius 2 is 0.717 bits per heavy atom. The maximum absolute atomic E-state index is 12.8. The van der Waals surface area contributed by atoms with E-state index in [1.165, 1.54) is 29.2 Å². The predicted molar refractivity (Wildman–Crippen MR) is 448 cm³/mol. The summed E-state index contributed by atoms with van der Waals surface area (Å²) in [5, 5.41) is 39.2. The van der Waals surface area contributed by atoms with Crippen molar-refractivity contribution in [3.8, 4) is 0 Å². The van der Waals surface area contributed by atoms with E-state index in [0.29, 0.717) is 166 Å². The van der Waals surface area contributed by atoms with Gasteiger partial charge in [-0.05, 0) is 250 Å². The topological polar surface area (TPSA) is 405 Å². The molecule has 127 heavy (non-hydrogen) atoms. The molecule has 0 aromatic rings. The van der Waals surface area contributed by atoms with Crippen LogP contribution in [0.3, 0.4) is 0 Å². The number of carbonyl (C=O) groups excluding carboxylic acids is 8. The molecule has 27 nitrogen and oxygen atoms in total. The summed E-state index contributed by atoms with van der Waals surface area (Å²) in [4.78, 5) is 122. The molecule has 8 amide bonds. The molecule has 12 N–H and O–H groups in total. The Morgan fingerprint density at radius 3 is 0.976 bits per heavy atom. The number of carboxylic acids is 1. The fraction of sp³-hybridized carbons (Fsp3) is 0.782. The molecular formula is C87H137F12KN12O15. The molecule has 0 radical (unpaired) electrons. The molecule has 4 saturated carbocycles. The summed E-state index contributed by atoms with van der Waals surface area (Å²) >= 11 is 0. The van der Waals surface area contributed by atoms with Crippen LogP contribution >= 0.6 is 0 Å². The Kier molecular flexibility index (Phi) is 43.6. The number of hydrogen-bond donors (Lipinski definition) is 9. The van der Waals surface area contributed by atoms with Crippen LogP contribution in [0.2, 0.25) is 0 Å². The minimum Gasteiger partial charge on any atom is -0.850 e. The molecule has 10 aliphatic rings. The van der Waals surface area contributed by atoms with Gasteiger partial charge in [0.25, 0.3) is 11.8 Å². The van der Waals surface area contributed by atoms with E-state index in [-0.39, 0.29) is 131 Å². The fourth-order valence-corrected chi connectivity index (χ4v) is 15.1. The van der Waals surface area contributed by atoms with Gasteiger partial charge in [0.05, 0.1) is 42.7 Å². The van der Waals surface area contributed by atoms with Crippen molar-refractivity contribution in [2.45, 2.75) is 359 Å². The van der Waals surface area contributed by atoms with Crippen molar-refractivity contribution in [1.29, 1.82) is 0 Å². The first-order valence-corrected chi connectivity index (χ1v) is 43.3. The summed E-state index contributed by atoms with van der Waals surface area (Å²) < 4.78 is 163. The van der Waals surface area contributed by atoms with E-state index in [2.05, 4.69) is 21.3 Å². The number of amides is 8. The maximum Gasteiger partial charge on any atom is 1.00 e. The number of halogens is 12. The number of nitrogens with one attached hydrogen (secondary N) is 4. The average Bonchev–Trinajstić information content (AvgIpc) is 1.68. The zero-order valence-corrected chi connectivity index (χ0v) is 79.9. The van der Waals surface area contributed by atoms with Crippen LogP contribution in [-0.2, 0) is 43.0 Å². The monoisotopic (exact) mass is 1860 g/mol. The first-order valence-electron chi connectivity index (χ1n) is 43.3. The van der Waals surface area contributed by atoms with Crippen LogP contribution in [-0.4, -0.2) is 218 Å². The zero-order chi connectivity index (χ0) is 95.8. The van der Waals surface area contributed by atoms with E-state index in [0.717, 1.165) is 48.5 Å². The molecular weight excluding hydrogens is 1720 g/mol. The molecule has 2 spiro atoms. The molecule has 8 fully saturated rings. The van der Waals surface area contributed by atoms with Crippen LogP contribution < -0.4 is 95.0 Å². The Bertz CT molecular complexity index is 3790. The molecule has 10 rings (SSSR count). The van der Waals surface area contributed by atoms with Crippen molar-refractivity contribution in [1.82, 2.24) is 36.0 Å². The third kappa shape index (κ3) is 44.1. The first kappa shape index (κ1) is 115. The van der Waals surface area contributed by atoms with Crippen LogP contribution in [0.4, 0.5) is 67.1 Å². The Labute approximate surface area is 781 Å². The second-order valence-electron chi connectivity index (χ2n) is 39.0. The molecule has 0 aromatic carbocycles. The minimum absolute atomic E-state index is 0. The summed E-state index contributed by atoms with van der Waals surface area (Å²) in [6, 6.07) is 0. The zero-order valence-electron chi connectivity index (χ0n) is 76.8. The van der Waals surface area contributed by atoms with E-state index >= 15 is 0 Å². The van der Waals surface area contributed by atoms with Crippen molar-refractivity contribution in [2.24, 2.45) is 50.9 Å². The molecule has 4 aliphatic carbocycles. The number of carboxylic acid groups (broad SMARTS) is 1. The number of amidine groups is 2. The number of rotatable bonds is 11. The Balaban J connectivity index is 0.000000406. The average molecular weight is 1860 g/mol. The number of carbonyl (C=O) groups is 9. The van der Waals surface area contributed by atoms with Crippen molar-refractivity contribution in [2.75, 3.05) is 52.4 Å². The van der Waals surface area contributed by atoms with Gasteiger partial charge in [0.2, 0.25) is 17.7 Å². The van der Waals surface area contributed by atoms with E-state index in [9.17, 15) is 101 Å². The number of piperidine rings is 4. The van der Waals surface area contributed by atoms with Crippen molar-refractivity contribution in [3.63, 3.8) is 0 Å². The summed E-state index contributed by atoms with van der Waals surface area (Å²) in [6.07, 6.45) is -4.17. The van der Waals surface area contributed by atoms with Gasteiger partial charge in [0.1, 0.15) is 45.1 Å². The van der Waals surface area contributed by atoms with Crippen LogP contribution in [0.5, 0.6) is 0 Å². The van der Waals surface area contributed by atoms with Crippen LogP contribution in [0, 0.1) is 23.7 Å². The number of aliphatic carboxylic acids is 1. The van der Waals surface area contributed by atoms with Gasteiger partial charge in [0.15, 0.2) is 0 Å². The van der Waals surface area contributed by atoms with Gasteiger partial charge in [-0.2, -0.15) is 52.7 Å². The number of nitrogens with two attached hydrogens (primary N) is 3. The molecule has 40 heteroatoms. The maximum atomic E-state index is 12.8. The smallest absolute Gasteiger partial charge is 0.850 e. The first-order chi connectivity index (χ1) is 57.5. The van der Waals surface area contributed by atoms with E-state index < -0.39 is 124 Å². The second kappa shape index (κ2) is 48.3. The predicted octanol–water partition coefficient (Wildman–Crippen LogP) is 11.8. The summed E-state index contributed by atoms with van der Waals surface area (Å²) in [6.45, 7) is 29.9. The number of nitrogens with zero attached hydrogens (tertiary/aromatic N) is 5. The van der Waals surface area contributed by atoms with Gasteiger partial charge in [-0.1, -0.05) is 67.4 Å². The third-order valence-electron chi connectivity index (χ3n) is 22.1. The van der Waals surface area contributed by atoms with Crippen LogP contribution in [0.25, 0.3) is 0 Å². The molecule has 0 atom stereocenters. The standard InChI is InChI=1S/C21H32F3N3O4.C21H30F3N3O3.C16H22F3N3O.C11H21N3O3.C10H13F3O2.C4H10O.C4H9O.K/c1-19(2,3)31-18(30)27-12-10-20(11-13-27,17(25)29)26-16(28)15-6-4-14(5-7-15)8-9-21(22,23)24;1-19(2,3)30-18(29)27-12-10-20(11-13-27)17(28)25-16(26-20)15-6-4-14(5-7-15)8-9-21(22,23)24;17-16(18,19)6-5-11-1-3-12(4-2-11)13-21-14(23)15(22-13)7-9-20-10-8-15;1-10(2,3)17-9(16)14-6-4-11(13,5-7-14)8(12)15;11-10(12,13)6-5-7-1-3-8(4-2-7)9(14)15;2*1-4(2,3)5;/h8,15H,4-7,9-13H2,1-3H3,(H2,25,29)(H,26,28);8,15H,4-7,9-13H2,1-3H3,(H,25,26,28);5,12,20H,1-4,6-10H2,(H,21,22,23);4-7,13H2,1-3H3,(H2,12,15);5,8H,1-4,6H2,(H,14,15);5H,1-3H3;1-3H3;/q;;;;;;-1;+1. The van der Waals surface area contributed by atoms with E-state index in [4.69, 9.17) is 51.6 Å². The number of primary amides is 2. The van der Waals surface area contributed by atoms with Gasteiger partial charge in [-0.25, -0.2) is 14.4 Å². The number of alkyl halides is 12. The van der Waals surface area contributed by atoms with E-state index in [1.54, 1.807) is 72.1 Å². The number of ether oxygens (including phenoxy) is 3. The van der Waals surface area contributed by atoms with Crippen molar-refractivity contribution in [3.05, 3.63) is 46.6 Å². The Morgan fingerprint density at radius 1 is 0.457 bits per heavy atom. The number of allylic oxidation sites excluding steroid dienone is 8. The van der Waals surface area contributed by atoms with Gasteiger partial charge in [-0.3, -0.25) is 38.8 Å². The fourth-order valence-electron chi connectivity index (χ4n) is 15.1. The SMILES string of the molecule is CC(C)(C)O.CC(C)(C)OC(=O)N1CCC(N)(C(N)=O)CC1.CC(C)(C)OC(=O)N1CCC(NC(=O)C2CCC(=CCC(F)(F)F)CC2)(C(N)=O)CC1.CC(C)(C)OC(=O)N1CCC2(CC1)N=C(C1CCC(=CCC(F)(F)F)CC1)NC2=O.CC(C)(C)[O-].O=C(O)C1CCC(=CCC(F)(F)F)CC1.O=C1NC(C2CCC(=CCC(F)(F)F)CC2)=NC12CCNCC2.[K+]. The molecule has 0 bridgehead atoms. The van der Waals surface area contributed by atoms with Crippen molar-refractivity contribution >= 4 is 65.5 Å². The number of likely N-dealkylation sites (tertiary alicyclic amines) is 3. The van der Waals surface area contributed by atoms with Gasteiger partial charge in [-0.15, -0.1) is 5.60 Å². The molecule has 6 heterocycles. The van der Waals surface area contributed by atoms with Crippen molar-refractivity contribution < 1.29 is 177 Å². The minimum atomic E-state index is -4.23. The molecule has 4 saturated heterocycles. The van der Waals surface area contributed by atoms with Gasteiger partial charge < -0.3 is 82.7 Å². The van der Waals surface area contributed by atoms with Gasteiger partial charge in [0, 0.05) is 57.0 Å².